The van der Waals surface area contributed by atoms with Gasteiger partial charge in [-0.25, -0.2) is 8.78 Å². The highest BCUT2D eigenvalue weighted by Gasteiger charge is 2.28. The first-order valence-corrected chi connectivity index (χ1v) is 7.81. The average molecular weight is 363 g/mol. The van der Waals surface area contributed by atoms with Crippen LogP contribution in [0.15, 0.2) is 36.4 Å². The molecule has 1 amide bonds. The van der Waals surface area contributed by atoms with E-state index in [1.54, 1.807) is 6.07 Å². The van der Waals surface area contributed by atoms with Gasteiger partial charge in [0.15, 0.2) is 0 Å². The molecule has 0 bridgehead atoms. The highest BCUT2D eigenvalue weighted by Crippen LogP contribution is 2.27. The summed E-state index contributed by atoms with van der Waals surface area (Å²) in [5, 5.41) is 11.4. The molecule has 138 valence electrons. The number of carbonyl (C=O) groups is 2. The Balaban J connectivity index is 2.22. The molecule has 0 heterocycles. The lowest BCUT2D eigenvalue weighted by atomic mass is 9.94. The molecule has 0 fully saturated rings. The van der Waals surface area contributed by atoms with E-state index >= 15 is 0 Å². The lowest BCUT2D eigenvalue weighted by molar-refractivity contribution is -0.146. The Labute approximate surface area is 149 Å². The first kappa shape index (κ1) is 19.4. The number of carbonyl (C=O) groups excluding carboxylic acids is 1. The molecule has 0 aliphatic carbocycles. The standard InChI is InChI=1S/C19H19F2NO4/c1-19(2,18(24)25)10-22-17(23)14-6-4-11(8-15(14)20)13-7-5-12(26-3)9-16(13)21/h4-9H,10H2,1-3H3,(H,22,23)(H,24,25). The van der Waals surface area contributed by atoms with Gasteiger partial charge in [0.25, 0.3) is 5.91 Å². The summed E-state index contributed by atoms with van der Waals surface area (Å²) in [6, 6.07) is 7.90. The summed E-state index contributed by atoms with van der Waals surface area (Å²) >= 11 is 0. The molecule has 0 radical (unpaired) electrons. The van der Waals surface area contributed by atoms with Gasteiger partial charge in [0.1, 0.15) is 17.4 Å². The fourth-order valence-electron chi connectivity index (χ4n) is 2.20. The van der Waals surface area contributed by atoms with E-state index in [0.717, 1.165) is 6.07 Å². The van der Waals surface area contributed by atoms with Crippen LogP contribution in [0.1, 0.15) is 24.2 Å². The Morgan fingerprint density at radius 3 is 2.35 bits per heavy atom. The van der Waals surface area contributed by atoms with E-state index in [1.807, 2.05) is 0 Å². The van der Waals surface area contributed by atoms with E-state index in [1.165, 1.54) is 45.2 Å². The maximum atomic E-state index is 14.3. The van der Waals surface area contributed by atoms with Gasteiger partial charge in [-0.15, -0.1) is 0 Å². The number of nitrogens with one attached hydrogen (secondary N) is 1. The van der Waals surface area contributed by atoms with E-state index in [0.29, 0.717) is 5.75 Å². The summed E-state index contributed by atoms with van der Waals surface area (Å²) in [5.74, 6) is -2.89. The van der Waals surface area contributed by atoms with E-state index in [2.05, 4.69) is 5.32 Å². The molecular weight excluding hydrogens is 344 g/mol. The van der Waals surface area contributed by atoms with Crippen LogP contribution in [0.5, 0.6) is 5.75 Å². The maximum absolute atomic E-state index is 14.3. The third-order valence-electron chi connectivity index (χ3n) is 3.97. The van der Waals surface area contributed by atoms with Crippen molar-refractivity contribution in [3.05, 3.63) is 53.6 Å². The lowest BCUT2D eigenvalue weighted by Gasteiger charge is -2.19. The Morgan fingerprint density at radius 2 is 1.81 bits per heavy atom. The van der Waals surface area contributed by atoms with Gasteiger partial charge in [-0.1, -0.05) is 6.07 Å². The Kier molecular flexibility index (Phi) is 5.59. The predicted octanol–water partition coefficient (Wildman–Crippen LogP) is 3.48. The molecule has 0 aliphatic rings. The van der Waals surface area contributed by atoms with E-state index in [-0.39, 0.29) is 23.2 Å². The third kappa shape index (κ3) is 4.17. The van der Waals surface area contributed by atoms with Gasteiger partial charge >= 0.3 is 5.97 Å². The van der Waals surface area contributed by atoms with Gasteiger partial charge < -0.3 is 15.2 Å². The van der Waals surface area contributed by atoms with Crippen LogP contribution in [0.2, 0.25) is 0 Å². The number of hydrogen-bond acceptors (Lipinski definition) is 3. The number of hydrogen-bond donors (Lipinski definition) is 2. The summed E-state index contributed by atoms with van der Waals surface area (Å²) in [5.41, 5.74) is -0.990. The van der Waals surface area contributed by atoms with Crippen LogP contribution >= 0.6 is 0 Å². The molecule has 0 saturated heterocycles. The Bertz CT molecular complexity index is 849. The van der Waals surface area contributed by atoms with E-state index < -0.39 is 28.9 Å². The zero-order valence-electron chi connectivity index (χ0n) is 14.6. The van der Waals surface area contributed by atoms with Crippen molar-refractivity contribution in [2.45, 2.75) is 13.8 Å². The number of ether oxygens (including phenoxy) is 1. The van der Waals surface area contributed by atoms with Crippen molar-refractivity contribution in [2.24, 2.45) is 5.41 Å². The summed E-state index contributed by atoms with van der Waals surface area (Å²) < 4.78 is 33.3. The molecule has 0 aromatic heterocycles. The van der Waals surface area contributed by atoms with Crippen LogP contribution in [0.4, 0.5) is 8.78 Å². The third-order valence-corrected chi connectivity index (χ3v) is 3.97. The van der Waals surface area contributed by atoms with Crippen LogP contribution < -0.4 is 10.1 Å². The topological polar surface area (TPSA) is 75.6 Å². The second kappa shape index (κ2) is 7.51. The zero-order valence-corrected chi connectivity index (χ0v) is 14.6. The number of benzene rings is 2. The molecule has 7 heteroatoms. The van der Waals surface area contributed by atoms with Crippen LogP contribution in [0.3, 0.4) is 0 Å². The van der Waals surface area contributed by atoms with Crippen molar-refractivity contribution < 1.29 is 28.2 Å². The predicted molar refractivity (Wildman–Crippen MR) is 92.1 cm³/mol. The summed E-state index contributed by atoms with van der Waals surface area (Å²) in [7, 11) is 1.41. The zero-order chi connectivity index (χ0) is 19.5. The number of methoxy groups -OCH3 is 1. The van der Waals surface area contributed by atoms with Crippen LogP contribution in [-0.2, 0) is 4.79 Å². The van der Waals surface area contributed by atoms with Crippen molar-refractivity contribution in [3.63, 3.8) is 0 Å². The molecule has 0 saturated carbocycles. The maximum Gasteiger partial charge on any atom is 0.310 e. The lowest BCUT2D eigenvalue weighted by Crippen LogP contribution is -2.39. The number of carboxylic acids is 1. The largest absolute Gasteiger partial charge is 0.497 e. The number of rotatable bonds is 6. The number of carboxylic acid groups (broad SMARTS) is 1. The van der Waals surface area contributed by atoms with Gasteiger partial charge in [-0.05, 0) is 43.7 Å². The van der Waals surface area contributed by atoms with Gasteiger partial charge in [-0.2, -0.15) is 0 Å². The highest BCUT2D eigenvalue weighted by molar-refractivity contribution is 5.95. The minimum absolute atomic E-state index is 0.157. The summed E-state index contributed by atoms with van der Waals surface area (Å²) in [4.78, 5) is 23.1. The number of amides is 1. The second-order valence-corrected chi connectivity index (χ2v) is 6.41. The Hall–Kier alpha value is -2.96. The average Bonchev–Trinajstić information content (AvgIpc) is 2.59. The molecule has 0 unspecified atom stereocenters. The molecule has 26 heavy (non-hydrogen) atoms. The van der Waals surface area contributed by atoms with Crippen molar-refractivity contribution in [1.82, 2.24) is 5.32 Å². The monoisotopic (exact) mass is 363 g/mol. The molecule has 5 nitrogen and oxygen atoms in total. The van der Waals surface area contributed by atoms with Gasteiger partial charge in [0, 0.05) is 18.2 Å². The van der Waals surface area contributed by atoms with Crippen molar-refractivity contribution in [1.29, 1.82) is 0 Å². The summed E-state index contributed by atoms with van der Waals surface area (Å²) in [6.07, 6.45) is 0. The molecule has 2 aromatic carbocycles. The summed E-state index contributed by atoms with van der Waals surface area (Å²) in [6.45, 7) is 2.73. The number of halogens is 2. The number of aliphatic carboxylic acids is 1. The van der Waals surface area contributed by atoms with Crippen molar-refractivity contribution >= 4 is 11.9 Å². The van der Waals surface area contributed by atoms with Crippen LogP contribution in [0, 0.1) is 17.0 Å². The molecule has 2 rings (SSSR count). The normalized spacial score (nSPS) is 11.1. The van der Waals surface area contributed by atoms with Crippen LogP contribution in [0.25, 0.3) is 11.1 Å². The second-order valence-electron chi connectivity index (χ2n) is 6.41. The Morgan fingerprint density at radius 1 is 1.12 bits per heavy atom. The van der Waals surface area contributed by atoms with Gasteiger partial charge in [0.05, 0.1) is 18.1 Å². The molecule has 0 spiro atoms. The minimum atomic E-state index is -1.18. The highest BCUT2D eigenvalue weighted by atomic mass is 19.1. The van der Waals surface area contributed by atoms with Crippen LogP contribution in [-0.4, -0.2) is 30.6 Å². The molecule has 2 aromatic rings. The van der Waals surface area contributed by atoms with Crippen molar-refractivity contribution in [3.8, 4) is 16.9 Å². The SMILES string of the molecule is COc1ccc(-c2ccc(C(=O)NCC(C)(C)C(=O)O)c(F)c2)c(F)c1. The fraction of sp³-hybridized carbons (Fsp3) is 0.263. The molecule has 0 atom stereocenters. The molecular formula is C19H19F2NO4. The van der Waals surface area contributed by atoms with E-state index in [9.17, 15) is 18.4 Å². The minimum Gasteiger partial charge on any atom is -0.497 e. The van der Waals surface area contributed by atoms with Crippen molar-refractivity contribution in [2.75, 3.05) is 13.7 Å². The van der Waals surface area contributed by atoms with Gasteiger partial charge in [-0.3, -0.25) is 9.59 Å². The van der Waals surface area contributed by atoms with E-state index in [4.69, 9.17) is 9.84 Å². The van der Waals surface area contributed by atoms with Gasteiger partial charge in [0.2, 0.25) is 0 Å². The first-order chi connectivity index (χ1) is 12.2. The smallest absolute Gasteiger partial charge is 0.310 e. The molecule has 2 N–H and O–H groups in total. The molecule has 0 aliphatic heterocycles. The fourth-order valence-corrected chi connectivity index (χ4v) is 2.20. The quantitative estimate of drug-likeness (QED) is 0.824. The first-order valence-electron chi connectivity index (χ1n) is 7.81.